The zero-order chi connectivity index (χ0) is 13.1. The summed E-state index contributed by atoms with van der Waals surface area (Å²) in [6.07, 6.45) is 5.19. The second kappa shape index (κ2) is 6.11. The molecule has 0 saturated heterocycles. The van der Waals surface area contributed by atoms with E-state index in [-0.39, 0.29) is 11.3 Å². The highest BCUT2D eigenvalue weighted by Gasteiger charge is 2.33. The molecule has 1 rings (SSSR count). The van der Waals surface area contributed by atoms with Crippen LogP contribution in [-0.4, -0.2) is 36.1 Å². The van der Waals surface area contributed by atoms with Crippen LogP contribution in [0.5, 0.6) is 0 Å². The monoisotopic (exact) mass is 278 g/mol. The molecule has 0 spiro atoms. The SMILES string of the molecule is CC(CC(N)=S)N(C)S(=O)(=O)C1CCCCC1. The Hall–Kier alpha value is -0.200. The minimum Gasteiger partial charge on any atom is -0.393 e. The third-order valence-electron chi connectivity index (χ3n) is 3.49. The van der Waals surface area contributed by atoms with Crippen molar-refractivity contribution in [3.63, 3.8) is 0 Å². The Labute approximate surface area is 110 Å². The zero-order valence-corrected chi connectivity index (χ0v) is 12.2. The largest absolute Gasteiger partial charge is 0.393 e. The van der Waals surface area contributed by atoms with Gasteiger partial charge >= 0.3 is 0 Å². The van der Waals surface area contributed by atoms with Gasteiger partial charge in [-0.1, -0.05) is 31.5 Å². The number of hydrogen-bond acceptors (Lipinski definition) is 3. The summed E-state index contributed by atoms with van der Waals surface area (Å²) in [7, 11) is -1.56. The molecule has 100 valence electrons. The van der Waals surface area contributed by atoms with Gasteiger partial charge in [-0.05, 0) is 19.8 Å². The van der Waals surface area contributed by atoms with Crippen molar-refractivity contribution >= 4 is 27.2 Å². The Morgan fingerprint density at radius 2 is 1.94 bits per heavy atom. The van der Waals surface area contributed by atoms with Crippen LogP contribution in [0.2, 0.25) is 0 Å². The van der Waals surface area contributed by atoms with Crippen molar-refractivity contribution in [3.8, 4) is 0 Å². The molecule has 1 saturated carbocycles. The van der Waals surface area contributed by atoms with Gasteiger partial charge in [-0.3, -0.25) is 0 Å². The first-order chi connectivity index (χ1) is 7.85. The van der Waals surface area contributed by atoms with E-state index in [1.165, 1.54) is 4.31 Å². The summed E-state index contributed by atoms with van der Waals surface area (Å²) < 4.78 is 26.1. The molecule has 0 amide bonds. The van der Waals surface area contributed by atoms with E-state index in [9.17, 15) is 8.42 Å². The van der Waals surface area contributed by atoms with Crippen LogP contribution in [0.15, 0.2) is 0 Å². The predicted octanol–water partition coefficient (Wildman–Crippen LogP) is 1.65. The Morgan fingerprint density at radius 1 is 1.41 bits per heavy atom. The third kappa shape index (κ3) is 3.89. The highest BCUT2D eigenvalue weighted by Crippen LogP contribution is 2.26. The predicted molar refractivity (Wildman–Crippen MR) is 74.4 cm³/mol. The second-order valence-electron chi connectivity index (χ2n) is 4.84. The van der Waals surface area contributed by atoms with Crippen LogP contribution in [0.4, 0.5) is 0 Å². The molecular formula is C11H22N2O2S2. The lowest BCUT2D eigenvalue weighted by molar-refractivity contribution is 0.376. The van der Waals surface area contributed by atoms with E-state index in [1.54, 1.807) is 7.05 Å². The standard InChI is InChI=1S/C11H22N2O2S2/c1-9(8-11(12)16)13(2)17(14,15)10-6-4-3-5-7-10/h9-10H,3-8H2,1-2H3,(H2,12,16). The number of sulfonamides is 1. The lowest BCUT2D eigenvalue weighted by Crippen LogP contribution is -2.43. The molecule has 0 radical (unpaired) electrons. The Morgan fingerprint density at radius 3 is 2.41 bits per heavy atom. The number of nitrogens with zero attached hydrogens (tertiary/aromatic N) is 1. The maximum atomic E-state index is 12.4. The maximum Gasteiger partial charge on any atom is 0.216 e. The lowest BCUT2D eigenvalue weighted by atomic mass is 10.0. The number of hydrogen-bond donors (Lipinski definition) is 1. The van der Waals surface area contributed by atoms with Gasteiger partial charge in [0.2, 0.25) is 10.0 Å². The van der Waals surface area contributed by atoms with E-state index in [1.807, 2.05) is 6.92 Å². The van der Waals surface area contributed by atoms with E-state index < -0.39 is 10.0 Å². The topological polar surface area (TPSA) is 63.4 Å². The van der Waals surface area contributed by atoms with Crippen molar-refractivity contribution < 1.29 is 8.42 Å². The first kappa shape index (κ1) is 14.9. The molecule has 0 aromatic carbocycles. The molecule has 6 heteroatoms. The van der Waals surface area contributed by atoms with Gasteiger partial charge in [-0.2, -0.15) is 0 Å². The summed E-state index contributed by atoms with van der Waals surface area (Å²) in [6.45, 7) is 1.85. The molecule has 0 aliphatic heterocycles. The quantitative estimate of drug-likeness (QED) is 0.777. The van der Waals surface area contributed by atoms with Gasteiger partial charge in [-0.15, -0.1) is 0 Å². The summed E-state index contributed by atoms with van der Waals surface area (Å²) in [5, 5.41) is -0.213. The van der Waals surface area contributed by atoms with Crippen molar-refractivity contribution in [2.75, 3.05) is 7.05 Å². The molecule has 0 bridgehead atoms. The minimum absolute atomic E-state index is 0.153. The van der Waals surface area contributed by atoms with Gasteiger partial charge in [0, 0.05) is 19.5 Å². The van der Waals surface area contributed by atoms with Crippen LogP contribution < -0.4 is 5.73 Å². The van der Waals surface area contributed by atoms with Gasteiger partial charge in [0.05, 0.1) is 10.2 Å². The third-order valence-corrected chi connectivity index (χ3v) is 6.14. The molecule has 1 fully saturated rings. The molecule has 0 aromatic rings. The first-order valence-corrected chi connectivity index (χ1v) is 8.02. The summed E-state index contributed by atoms with van der Waals surface area (Å²) in [5.41, 5.74) is 5.46. The van der Waals surface area contributed by atoms with E-state index in [2.05, 4.69) is 0 Å². The Balaban J connectivity index is 2.71. The van der Waals surface area contributed by atoms with Crippen LogP contribution in [0.3, 0.4) is 0 Å². The molecular weight excluding hydrogens is 256 g/mol. The van der Waals surface area contributed by atoms with Crippen LogP contribution in [0.25, 0.3) is 0 Å². The van der Waals surface area contributed by atoms with Gasteiger partial charge in [0.25, 0.3) is 0 Å². The summed E-state index contributed by atoms with van der Waals surface area (Å²) in [4.78, 5) is 0.364. The fraction of sp³-hybridized carbons (Fsp3) is 0.909. The van der Waals surface area contributed by atoms with E-state index in [4.69, 9.17) is 18.0 Å². The van der Waals surface area contributed by atoms with Crippen LogP contribution in [0, 0.1) is 0 Å². The smallest absolute Gasteiger partial charge is 0.216 e. The van der Waals surface area contributed by atoms with Gasteiger partial charge in [-0.25, -0.2) is 12.7 Å². The van der Waals surface area contributed by atoms with Crippen LogP contribution >= 0.6 is 12.2 Å². The molecule has 1 atom stereocenters. The number of thiocarbonyl (C=S) groups is 1. The lowest BCUT2D eigenvalue weighted by Gasteiger charge is -2.30. The highest BCUT2D eigenvalue weighted by atomic mass is 32.2. The van der Waals surface area contributed by atoms with Crippen molar-refractivity contribution in [2.24, 2.45) is 5.73 Å². The molecule has 1 aliphatic rings. The summed E-state index contributed by atoms with van der Waals surface area (Å²) in [6, 6.07) is -0.153. The molecule has 1 unspecified atom stereocenters. The fourth-order valence-electron chi connectivity index (χ4n) is 2.27. The summed E-state index contributed by atoms with van der Waals surface area (Å²) >= 11 is 4.83. The molecule has 0 aromatic heterocycles. The van der Waals surface area contributed by atoms with Crippen molar-refractivity contribution in [1.29, 1.82) is 0 Å². The van der Waals surface area contributed by atoms with Crippen molar-refractivity contribution in [3.05, 3.63) is 0 Å². The first-order valence-electron chi connectivity index (χ1n) is 6.11. The van der Waals surface area contributed by atoms with E-state index in [0.717, 1.165) is 32.1 Å². The second-order valence-corrected chi connectivity index (χ2v) is 7.64. The van der Waals surface area contributed by atoms with E-state index in [0.29, 0.717) is 11.4 Å². The van der Waals surface area contributed by atoms with Gasteiger partial charge in [0.15, 0.2) is 0 Å². The van der Waals surface area contributed by atoms with Crippen molar-refractivity contribution in [1.82, 2.24) is 4.31 Å². The normalized spacial score (nSPS) is 20.4. The molecule has 4 nitrogen and oxygen atoms in total. The van der Waals surface area contributed by atoms with Gasteiger partial charge in [0.1, 0.15) is 0 Å². The number of nitrogens with two attached hydrogens (primary N) is 1. The van der Waals surface area contributed by atoms with E-state index >= 15 is 0 Å². The number of rotatable bonds is 5. The average molecular weight is 278 g/mol. The fourth-order valence-corrected chi connectivity index (χ4v) is 4.49. The zero-order valence-electron chi connectivity index (χ0n) is 10.6. The maximum absolute atomic E-state index is 12.4. The average Bonchev–Trinajstić information content (AvgIpc) is 2.28. The van der Waals surface area contributed by atoms with Crippen LogP contribution in [-0.2, 0) is 10.0 Å². The van der Waals surface area contributed by atoms with Crippen molar-refractivity contribution in [2.45, 2.75) is 56.7 Å². The summed E-state index contributed by atoms with van der Waals surface area (Å²) in [5.74, 6) is 0. The Bertz CT molecular complexity index is 362. The molecule has 1 aliphatic carbocycles. The van der Waals surface area contributed by atoms with Gasteiger partial charge < -0.3 is 5.73 Å². The Kier molecular flexibility index (Phi) is 5.34. The highest BCUT2D eigenvalue weighted by molar-refractivity contribution is 7.89. The molecule has 17 heavy (non-hydrogen) atoms. The van der Waals surface area contributed by atoms with Crippen LogP contribution in [0.1, 0.15) is 45.4 Å². The molecule has 0 heterocycles. The molecule has 2 N–H and O–H groups in total. The minimum atomic E-state index is -3.19.